The number of carbonyl (C=O) groups excluding carboxylic acids is 1. The molecule has 0 aromatic heterocycles. The molecule has 0 bridgehead atoms. The van der Waals surface area contributed by atoms with Crippen LogP contribution in [0.15, 0.2) is 18.2 Å². The van der Waals surface area contributed by atoms with Gasteiger partial charge in [-0.3, -0.25) is 4.79 Å². The van der Waals surface area contributed by atoms with E-state index >= 15 is 0 Å². The van der Waals surface area contributed by atoms with Crippen molar-refractivity contribution in [1.82, 2.24) is 0 Å². The van der Waals surface area contributed by atoms with E-state index in [4.69, 9.17) is 22.1 Å². The molecule has 1 amide bonds. The Hall–Kier alpha value is -1.26. The highest BCUT2D eigenvalue weighted by molar-refractivity contribution is 6.32. The van der Waals surface area contributed by atoms with Crippen LogP contribution in [0, 0.1) is 0 Å². The minimum atomic E-state index is -0.486. The van der Waals surface area contributed by atoms with E-state index < -0.39 is 6.04 Å². The maximum atomic E-state index is 11.9. The Labute approximate surface area is 125 Å². The quantitative estimate of drug-likeness (QED) is 0.808. The second-order valence-electron chi connectivity index (χ2n) is 5.05. The van der Waals surface area contributed by atoms with Crippen molar-refractivity contribution in [2.24, 2.45) is 5.73 Å². The molecular weight excluding hydrogens is 276 g/mol. The molecule has 0 radical (unpaired) electrons. The number of carbonyl (C=O) groups is 1. The van der Waals surface area contributed by atoms with Gasteiger partial charge in [0.1, 0.15) is 5.75 Å². The molecule has 1 rings (SSSR count). The Morgan fingerprint density at radius 1 is 1.45 bits per heavy atom. The molecule has 0 aliphatic heterocycles. The van der Waals surface area contributed by atoms with Gasteiger partial charge in [0, 0.05) is 5.69 Å². The minimum absolute atomic E-state index is 0.0513. The SMILES string of the molecule is CCCC[C@H](N)C(=O)Nc1ccc(OC(C)C)c(Cl)c1. The summed E-state index contributed by atoms with van der Waals surface area (Å²) in [6.45, 7) is 5.93. The number of nitrogens with two attached hydrogens (primary N) is 1. The molecule has 0 aliphatic carbocycles. The first-order valence-electron chi connectivity index (χ1n) is 6.96. The van der Waals surface area contributed by atoms with Crippen molar-refractivity contribution in [3.63, 3.8) is 0 Å². The summed E-state index contributed by atoms with van der Waals surface area (Å²) < 4.78 is 5.54. The second kappa shape index (κ2) is 8.12. The number of rotatable bonds is 7. The average molecular weight is 299 g/mol. The summed E-state index contributed by atoms with van der Waals surface area (Å²) >= 11 is 6.11. The van der Waals surface area contributed by atoms with Crippen molar-refractivity contribution in [3.05, 3.63) is 23.2 Å². The van der Waals surface area contributed by atoms with Gasteiger partial charge in [0.15, 0.2) is 0 Å². The molecule has 112 valence electrons. The number of benzene rings is 1. The number of halogens is 1. The predicted octanol–water partition coefficient (Wildman–Crippen LogP) is 3.58. The van der Waals surface area contributed by atoms with E-state index in [1.54, 1.807) is 18.2 Å². The Morgan fingerprint density at radius 3 is 2.70 bits per heavy atom. The van der Waals surface area contributed by atoms with Crippen molar-refractivity contribution in [2.45, 2.75) is 52.2 Å². The van der Waals surface area contributed by atoms with Crippen LogP contribution in [0.5, 0.6) is 5.75 Å². The third kappa shape index (κ3) is 5.39. The van der Waals surface area contributed by atoms with Crippen LogP contribution < -0.4 is 15.8 Å². The maximum Gasteiger partial charge on any atom is 0.241 e. The van der Waals surface area contributed by atoms with Crippen LogP contribution in [0.1, 0.15) is 40.0 Å². The summed E-state index contributed by atoms with van der Waals surface area (Å²) in [7, 11) is 0. The first-order valence-corrected chi connectivity index (χ1v) is 7.34. The molecule has 0 saturated heterocycles. The van der Waals surface area contributed by atoms with Crippen molar-refractivity contribution in [3.8, 4) is 5.75 Å². The average Bonchev–Trinajstić information content (AvgIpc) is 2.38. The summed E-state index contributed by atoms with van der Waals surface area (Å²) in [4.78, 5) is 11.9. The highest BCUT2D eigenvalue weighted by Gasteiger charge is 2.13. The molecule has 0 spiro atoms. The molecule has 0 unspecified atom stereocenters. The molecule has 5 heteroatoms. The highest BCUT2D eigenvalue weighted by Crippen LogP contribution is 2.28. The number of hydrogen-bond donors (Lipinski definition) is 2. The number of hydrogen-bond acceptors (Lipinski definition) is 3. The zero-order chi connectivity index (χ0) is 15.1. The predicted molar refractivity (Wildman–Crippen MR) is 83.3 cm³/mol. The van der Waals surface area contributed by atoms with Gasteiger partial charge in [-0.2, -0.15) is 0 Å². The monoisotopic (exact) mass is 298 g/mol. The van der Waals surface area contributed by atoms with E-state index in [-0.39, 0.29) is 12.0 Å². The summed E-state index contributed by atoms with van der Waals surface area (Å²) in [5, 5.41) is 3.24. The van der Waals surface area contributed by atoms with Gasteiger partial charge in [-0.05, 0) is 38.5 Å². The number of ether oxygens (including phenoxy) is 1. The van der Waals surface area contributed by atoms with Gasteiger partial charge in [-0.15, -0.1) is 0 Å². The molecule has 20 heavy (non-hydrogen) atoms. The molecule has 0 heterocycles. The van der Waals surface area contributed by atoms with Crippen molar-refractivity contribution in [2.75, 3.05) is 5.32 Å². The Morgan fingerprint density at radius 2 is 2.15 bits per heavy atom. The van der Waals surface area contributed by atoms with Gasteiger partial charge in [0.2, 0.25) is 5.91 Å². The van der Waals surface area contributed by atoms with E-state index in [1.807, 2.05) is 13.8 Å². The number of nitrogens with one attached hydrogen (secondary N) is 1. The zero-order valence-electron chi connectivity index (χ0n) is 12.3. The molecule has 0 saturated carbocycles. The van der Waals surface area contributed by atoms with Gasteiger partial charge < -0.3 is 15.8 Å². The van der Waals surface area contributed by atoms with Gasteiger partial charge in [-0.1, -0.05) is 31.4 Å². The fraction of sp³-hybridized carbons (Fsp3) is 0.533. The number of unbranched alkanes of at least 4 members (excludes halogenated alkanes) is 1. The fourth-order valence-corrected chi connectivity index (χ4v) is 1.94. The molecule has 3 N–H and O–H groups in total. The lowest BCUT2D eigenvalue weighted by atomic mass is 10.1. The van der Waals surface area contributed by atoms with E-state index in [0.29, 0.717) is 22.9 Å². The Kier molecular flexibility index (Phi) is 6.82. The van der Waals surface area contributed by atoms with Crippen LogP contribution in [-0.4, -0.2) is 18.1 Å². The summed E-state index contributed by atoms with van der Waals surface area (Å²) in [6, 6.07) is 4.69. The molecule has 1 atom stereocenters. The first kappa shape index (κ1) is 16.8. The molecule has 1 aromatic rings. The zero-order valence-corrected chi connectivity index (χ0v) is 13.0. The highest BCUT2D eigenvalue weighted by atomic mass is 35.5. The van der Waals surface area contributed by atoms with Crippen LogP contribution in [0.3, 0.4) is 0 Å². The Balaban J connectivity index is 2.64. The van der Waals surface area contributed by atoms with Crippen LogP contribution in [0.25, 0.3) is 0 Å². The van der Waals surface area contributed by atoms with Crippen molar-refractivity contribution in [1.29, 1.82) is 0 Å². The van der Waals surface area contributed by atoms with Gasteiger partial charge in [0.25, 0.3) is 0 Å². The smallest absolute Gasteiger partial charge is 0.241 e. The van der Waals surface area contributed by atoms with Gasteiger partial charge in [0.05, 0.1) is 17.2 Å². The largest absolute Gasteiger partial charge is 0.489 e. The van der Waals surface area contributed by atoms with Gasteiger partial charge in [-0.25, -0.2) is 0 Å². The normalized spacial score (nSPS) is 12.3. The maximum absolute atomic E-state index is 11.9. The van der Waals surface area contributed by atoms with Crippen LogP contribution in [0.4, 0.5) is 5.69 Å². The topological polar surface area (TPSA) is 64.4 Å². The fourth-order valence-electron chi connectivity index (χ4n) is 1.72. The summed E-state index contributed by atoms with van der Waals surface area (Å²) in [6.07, 6.45) is 2.70. The van der Waals surface area contributed by atoms with Crippen molar-refractivity contribution < 1.29 is 9.53 Å². The molecule has 1 aromatic carbocycles. The summed E-state index contributed by atoms with van der Waals surface area (Å²) in [5.74, 6) is 0.419. The van der Waals surface area contributed by atoms with E-state index in [1.165, 1.54) is 0 Å². The lowest BCUT2D eigenvalue weighted by Gasteiger charge is -2.14. The van der Waals surface area contributed by atoms with Crippen LogP contribution >= 0.6 is 11.6 Å². The molecule has 0 fully saturated rings. The number of anilines is 1. The summed E-state index contributed by atoms with van der Waals surface area (Å²) in [5.41, 5.74) is 6.44. The van der Waals surface area contributed by atoms with E-state index in [2.05, 4.69) is 12.2 Å². The molecule has 4 nitrogen and oxygen atoms in total. The lowest BCUT2D eigenvalue weighted by Crippen LogP contribution is -2.35. The standard InChI is InChI=1S/C15H23ClN2O2/c1-4-5-6-13(17)15(19)18-11-7-8-14(12(16)9-11)20-10(2)3/h7-10,13H,4-6,17H2,1-3H3,(H,18,19)/t13-/m0/s1. The van der Waals surface area contributed by atoms with Crippen LogP contribution in [0.2, 0.25) is 5.02 Å². The molecular formula is C15H23ClN2O2. The second-order valence-corrected chi connectivity index (χ2v) is 5.46. The number of amides is 1. The molecule has 0 aliphatic rings. The van der Waals surface area contributed by atoms with Gasteiger partial charge >= 0.3 is 0 Å². The van der Waals surface area contributed by atoms with Crippen LogP contribution in [-0.2, 0) is 4.79 Å². The third-order valence-electron chi connectivity index (χ3n) is 2.77. The minimum Gasteiger partial charge on any atom is -0.489 e. The van der Waals surface area contributed by atoms with E-state index in [9.17, 15) is 4.79 Å². The lowest BCUT2D eigenvalue weighted by molar-refractivity contribution is -0.117. The first-order chi connectivity index (χ1) is 9.43. The Bertz CT molecular complexity index is 449. The third-order valence-corrected chi connectivity index (χ3v) is 3.06. The van der Waals surface area contributed by atoms with Crippen molar-refractivity contribution >= 4 is 23.2 Å². The van der Waals surface area contributed by atoms with E-state index in [0.717, 1.165) is 12.8 Å².